The van der Waals surface area contributed by atoms with Gasteiger partial charge in [0, 0.05) is 45.1 Å². The summed E-state index contributed by atoms with van der Waals surface area (Å²) in [7, 11) is 1.66. The minimum atomic E-state index is -0.215. The van der Waals surface area contributed by atoms with Crippen molar-refractivity contribution in [3.05, 3.63) is 36.2 Å². The summed E-state index contributed by atoms with van der Waals surface area (Å²) >= 11 is 0. The van der Waals surface area contributed by atoms with E-state index >= 15 is 0 Å². The Balaban J connectivity index is 1.48. The van der Waals surface area contributed by atoms with Gasteiger partial charge >= 0.3 is 0 Å². The second kappa shape index (κ2) is 7.66. The van der Waals surface area contributed by atoms with Crippen molar-refractivity contribution in [3.63, 3.8) is 0 Å². The fourth-order valence-electron chi connectivity index (χ4n) is 4.18. The number of rotatable bonds is 4. The molecule has 4 rings (SSSR count). The highest BCUT2D eigenvalue weighted by molar-refractivity contribution is 6.00. The SMILES string of the molecule is CNC(=O)[C@@H]1C[C@@H](NC(=O)c2cnn3ccccc23)CN1C1CCOCC1. The number of amides is 2. The van der Waals surface area contributed by atoms with Crippen molar-refractivity contribution >= 4 is 17.3 Å². The maximum absolute atomic E-state index is 12.8. The van der Waals surface area contributed by atoms with Crippen molar-refractivity contribution in [2.45, 2.75) is 37.4 Å². The lowest BCUT2D eigenvalue weighted by molar-refractivity contribution is -0.126. The number of likely N-dealkylation sites (tertiary alicyclic amines) is 1. The quantitative estimate of drug-likeness (QED) is 0.814. The van der Waals surface area contributed by atoms with Gasteiger partial charge < -0.3 is 15.4 Å². The summed E-state index contributed by atoms with van der Waals surface area (Å²) in [4.78, 5) is 27.4. The van der Waals surface area contributed by atoms with E-state index in [-0.39, 0.29) is 23.9 Å². The number of carbonyl (C=O) groups is 2. The second-order valence-electron chi connectivity index (χ2n) is 7.17. The molecule has 4 heterocycles. The largest absolute Gasteiger partial charge is 0.381 e. The molecule has 2 aromatic rings. The molecule has 2 aliphatic heterocycles. The van der Waals surface area contributed by atoms with Gasteiger partial charge in [0.05, 0.1) is 23.3 Å². The Bertz CT molecular complexity index is 830. The van der Waals surface area contributed by atoms with E-state index in [0.29, 0.717) is 24.6 Å². The highest BCUT2D eigenvalue weighted by Crippen LogP contribution is 2.26. The van der Waals surface area contributed by atoms with E-state index in [2.05, 4.69) is 20.6 Å². The van der Waals surface area contributed by atoms with Crippen LogP contribution >= 0.6 is 0 Å². The molecule has 0 spiro atoms. The molecule has 2 atom stereocenters. The van der Waals surface area contributed by atoms with Gasteiger partial charge in [-0.2, -0.15) is 5.10 Å². The topological polar surface area (TPSA) is 88.0 Å². The molecule has 2 N–H and O–H groups in total. The van der Waals surface area contributed by atoms with E-state index < -0.39 is 0 Å². The zero-order valence-corrected chi connectivity index (χ0v) is 15.4. The number of ether oxygens (including phenoxy) is 1. The fraction of sp³-hybridized carbons (Fsp3) is 0.526. The van der Waals surface area contributed by atoms with Crippen molar-refractivity contribution in [1.82, 2.24) is 25.1 Å². The number of carbonyl (C=O) groups excluding carboxylic acids is 2. The van der Waals surface area contributed by atoms with Crippen molar-refractivity contribution in [1.29, 1.82) is 0 Å². The summed E-state index contributed by atoms with van der Waals surface area (Å²) < 4.78 is 7.14. The molecule has 0 bridgehead atoms. The lowest BCUT2D eigenvalue weighted by Gasteiger charge is -2.34. The van der Waals surface area contributed by atoms with Crippen LogP contribution in [0.4, 0.5) is 0 Å². The first-order valence-corrected chi connectivity index (χ1v) is 9.45. The predicted molar refractivity (Wildman–Crippen MR) is 99.5 cm³/mol. The van der Waals surface area contributed by atoms with Crippen LogP contribution in [0.1, 0.15) is 29.6 Å². The fourth-order valence-corrected chi connectivity index (χ4v) is 4.18. The van der Waals surface area contributed by atoms with Crippen molar-refractivity contribution in [2.24, 2.45) is 0 Å². The Morgan fingerprint density at radius 1 is 1.26 bits per heavy atom. The van der Waals surface area contributed by atoms with Gasteiger partial charge in [-0.05, 0) is 31.4 Å². The van der Waals surface area contributed by atoms with E-state index in [9.17, 15) is 9.59 Å². The third-order valence-electron chi connectivity index (χ3n) is 5.55. The third kappa shape index (κ3) is 3.54. The van der Waals surface area contributed by atoms with Gasteiger partial charge in [-0.25, -0.2) is 4.52 Å². The van der Waals surface area contributed by atoms with Crippen LogP contribution in [0.5, 0.6) is 0 Å². The van der Waals surface area contributed by atoms with Gasteiger partial charge in [0.25, 0.3) is 5.91 Å². The van der Waals surface area contributed by atoms with Crippen LogP contribution in [0.3, 0.4) is 0 Å². The van der Waals surface area contributed by atoms with Crippen LogP contribution in [0.15, 0.2) is 30.6 Å². The zero-order valence-electron chi connectivity index (χ0n) is 15.4. The van der Waals surface area contributed by atoms with Crippen LogP contribution in [0.25, 0.3) is 5.52 Å². The molecule has 0 aromatic carbocycles. The van der Waals surface area contributed by atoms with Crippen molar-refractivity contribution < 1.29 is 14.3 Å². The second-order valence-corrected chi connectivity index (χ2v) is 7.17. The average molecular weight is 371 g/mol. The molecular formula is C19H25N5O3. The van der Waals surface area contributed by atoms with Crippen LogP contribution < -0.4 is 10.6 Å². The van der Waals surface area contributed by atoms with Crippen molar-refractivity contribution in [2.75, 3.05) is 26.8 Å². The monoisotopic (exact) mass is 371 g/mol. The van der Waals surface area contributed by atoms with Gasteiger partial charge in [-0.3, -0.25) is 14.5 Å². The highest BCUT2D eigenvalue weighted by atomic mass is 16.5. The Kier molecular flexibility index (Phi) is 5.09. The molecule has 2 amide bonds. The maximum atomic E-state index is 12.8. The standard InChI is InChI=1S/C19H25N5O3/c1-20-19(26)17-10-13(12-23(17)14-5-8-27-9-6-14)22-18(25)15-11-21-24-7-3-2-4-16(15)24/h2-4,7,11,13-14,17H,5-6,8-10,12H2,1H3,(H,20,26)(H,22,25)/t13-,17+/m1/s1. The number of pyridine rings is 1. The smallest absolute Gasteiger partial charge is 0.255 e. The number of nitrogens with zero attached hydrogens (tertiary/aromatic N) is 3. The summed E-state index contributed by atoms with van der Waals surface area (Å²) in [5.74, 6) is -0.139. The van der Waals surface area contributed by atoms with Gasteiger partial charge in [0.1, 0.15) is 0 Å². The Morgan fingerprint density at radius 2 is 2.07 bits per heavy atom. The Labute approximate surface area is 157 Å². The summed E-state index contributed by atoms with van der Waals surface area (Å²) in [5.41, 5.74) is 1.33. The summed E-state index contributed by atoms with van der Waals surface area (Å²) in [5, 5.41) is 10.1. The molecule has 2 aromatic heterocycles. The third-order valence-corrected chi connectivity index (χ3v) is 5.55. The average Bonchev–Trinajstić information content (AvgIpc) is 3.32. The van der Waals surface area contributed by atoms with E-state index in [0.717, 1.165) is 31.6 Å². The van der Waals surface area contributed by atoms with Gasteiger partial charge in [0.15, 0.2) is 0 Å². The normalized spacial score (nSPS) is 24.2. The summed E-state index contributed by atoms with van der Waals surface area (Å²) in [6.07, 6.45) is 5.86. The number of likely N-dealkylation sites (N-methyl/N-ethyl adjacent to an activating group) is 1. The van der Waals surface area contributed by atoms with Crippen LogP contribution in [0, 0.1) is 0 Å². The van der Waals surface area contributed by atoms with Gasteiger partial charge in [-0.15, -0.1) is 0 Å². The van der Waals surface area contributed by atoms with E-state index in [1.54, 1.807) is 17.8 Å². The molecular weight excluding hydrogens is 346 g/mol. The minimum absolute atomic E-state index is 0.00854. The lowest BCUT2D eigenvalue weighted by atomic mass is 10.1. The highest BCUT2D eigenvalue weighted by Gasteiger charge is 2.41. The predicted octanol–water partition coefficient (Wildman–Crippen LogP) is 0.432. The summed E-state index contributed by atoms with van der Waals surface area (Å²) in [6.45, 7) is 2.12. The number of hydrogen-bond donors (Lipinski definition) is 2. The van der Waals surface area contributed by atoms with Crippen LogP contribution in [-0.2, 0) is 9.53 Å². The van der Waals surface area contributed by atoms with Crippen LogP contribution in [-0.4, -0.2) is 71.3 Å². The van der Waals surface area contributed by atoms with Gasteiger partial charge in [0.2, 0.25) is 5.91 Å². The Hall–Kier alpha value is -2.45. The molecule has 0 radical (unpaired) electrons. The van der Waals surface area contributed by atoms with Crippen LogP contribution in [0.2, 0.25) is 0 Å². The molecule has 144 valence electrons. The zero-order chi connectivity index (χ0) is 18.8. The van der Waals surface area contributed by atoms with E-state index in [1.807, 2.05) is 24.4 Å². The molecule has 27 heavy (non-hydrogen) atoms. The molecule has 8 nitrogen and oxygen atoms in total. The van der Waals surface area contributed by atoms with E-state index in [1.165, 1.54) is 0 Å². The first kappa shape index (κ1) is 17.9. The molecule has 2 saturated heterocycles. The molecule has 0 unspecified atom stereocenters. The molecule has 2 aliphatic rings. The van der Waals surface area contributed by atoms with Crippen molar-refractivity contribution in [3.8, 4) is 0 Å². The first-order chi connectivity index (χ1) is 13.2. The number of hydrogen-bond acceptors (Lipinski definition) is 5. The molecule has 0 saturated carbocycles. The molecule has 0 aliphatic carbocycles. The number of nitrogens with one attached hydrogen (secondary N) is 2. The number of fused-ring (bicyclic) bond motifs is 1. The molecule has 8 heteroatoms. The minimum Gasteiger partial charge on any atom is -0.381 e. The van der Waals surface area contributed by atoms with Gasteiger partial charge in [-0.1, -0.05) is 6.07 Å². The lowest BCUT2D eigenvalue weighted by Crippen LogP contribution is -2.48. The Morgan fingerprint density at radius 3 is 2.85 bits per heavy atom. The first-order valence-electron chi connectivity index (χ1n) is 9.45. The molecule has 2 fully saturated rings. The maximum Gasteiger partial charge on any atom is 0.255 e. The number of aromatic nitrogens is 2. The summed E-state index contributed by atoms with van der Waals surface area (Å²) in [6, 6.07) is 5.67. The van der Waals surface area contributed by atoms with E-state index in [4.69, 9.17) is 4.74 Å².